The second-order valence-electron chi connectivity index (χ2n) is 6.50. The average molecular weight is 388 g/mol. The number of fused-ring (bicyclic) bond motifs is 1. The molecule has 2 aromatic heterocycles. The van der Waals surface area contributed by atoms with Crippen molar-refractivity contribution in [2.45, 2.75) is 26.4 Å². The third kappa shape index (κ3) is 3.75. The van der Waals surface area contributed by atoms with E-state index in [1.807, 2.05) is 17.9 Å². The predicted molar refractivity (Wildman–Crippen MR) is 103 cm³/mol. The number of hydrogen-bond donors (Lipinski definition) is 1. The number of aromatic nitrogens is 3. The van der Waals surface area contributed by atoms with Gasteiger partial charge in [0.2, 0.25) is 0 Å². The minimum atomic E-state index is -0.720. The van der Waals surface area contributed by atoms with Crippen molar-refractivity contribution in [1.29, 1.82) is 0 Å². The molecule has 1 atom stereocenters. The summed E-state index contributed by atoms with van der Waals surface area (Å²) in [5.74, 6) is -0.133. The van der Waals surface area contributed by atoms with Gasteiger partial charge in [0, 0.05) is 38.9 Å². The molecule has 1 N–H and O–H groups in total. The van der Waals surface area contributed by atoms with Gasteiger partial charge in [0.1, 0.15) is 11.6 Å². The van der Waals surface area contributed by atoms with Crippen molar-refractivity contribution in [3.8, 4) is 0 Å². The van der Waals surface area contributed by atoms with Gasteiger partial charge in [-0.15, -0.1) is 0 Å². The Morgan fingerprint density at radius 3 is 2.64 bits per heavy atom. The zero-order chi connectivity index (χ0) is 20.3. The number of urea groups is 1. The first-order chi connectivity index (χ1) is 13.5. The van der Waals surface area contributed by atoms with Crippen LogP contribution in [0.3, 0.4) is 0 Å². The van der Waals surface area contributed by atoms with E-state index < -0.39 is 12.0 Å². The molecule has 28 heavy (non-hydrogen) atoms. The molecule has 0 unspecified atom stereocenters. The van der Waals surface area contributed by atoms with Crippen LogP contribution in [0.2, 0.25) is 0 Å². The molecule has 3 heterocycles. The molecule has 0 spiro atoms. The van der Waals surface area contributed by atoms with E-state index in [9.17, 15) is 14.4 Å². The van der Waals surface area contributed by atoms with Gasteiger partial charge in [0.15, 0.2) is 11.5 Å². The van der Waals surface area contributed by atoms with Crippen LogP contribution in [0, 0.1) is 0 Å². The van der Waals surface area contributed by atoms with Crippen LogP contribution in [0.4, 0.5) is 10.6 Å². The summed E-state index contributed by atoms with van der Waals surface area (Å²) in [5, 5.41) is 2.61. The van der Waals surface area contributed by atoms with Gasteiger partial charge >= 0.3 is 12.0 Å². The van der Waals surface area contributed by atoms with E-state index in [-0.39, 0.29) is 11.6 Å². The molecule has 2 aromatic rings. The number of esters is 1. The fourth-order valence-electron chi connectivity index (χ4n) is 3.20. The zero-order valence-corrected chi connectivity index (χ0v) is 16.2. The number of anilines is 1. The summed E-state index contributed by atoms with van der Waals surface area (Å²) >= 11 is 0. The highest BCUT2D eigenvalue weighted by molar-refractivity contribution is 5.83. The third-order valence-corrected chi connectivity index (χ3v) is 4.76. The number of nitrogens with one attached hydrogen (secondary N) is 1. The number of pyridine rings is 1. The summed E-state index contributed by atoms with van der Waals surface area (Å²) in [4.78, 5) is 48.9. The van der Waals surface area contributed by atoms with Gasteiger partial charge in [0.25, 0.3) is 5.56 Å². The highest BCUT2D eigenvalue weighted by Gasteiger charge is 2.26. The fraction of sp³-hybridized carbons (Fsp3) is 0.500. The quantitative estimate of drug-likeness (QED) is 0.745. The van der Waals surface area contributed by atoms with Crippen molar-refractivity contribution >= 4 is 29.0 Å². The zero-order valence-electron chi connectivity index (χ0n) is 16.2. The van der Waals surface area contributed by atoms with E-state index in [0.29, 0.717) is 49.7 Å². The first-order valence-corrected chi connectivity index (χ1v) is 9.20. The Morgan fingerprint density at radius 1 is 1.29 bits per heavy atom. The van der Waals surface area contributed by atoms with Crippen LogP contribution in [0.1, 0.15) is 13.8 Å². The average Bonchev–Trinajstić information content (AvgIpc) is 2.72. The molecule has 0 radical (unpaired) electrons. The molecule has 10 heteroatoms. The Morgan fingerprint density at radius 2 is 2.00 bits per heavy atom. The molecule has 0 bridgehead atoms. The molecule has 0 aliphatic carbocycles. The van der Waals surface area contributed by atoms with E-state index >= 15 is 0 Å². The smallest absolute Gasteiger partial charge is 0.328 e. The SMILES string of the molecule is CCn1c(=O)c(N2CCN(C(=O)N[C@@H](C)C(=O)OC)CC2)nc2cccnc21. The Hall–Kier alpha value is -3.17. The van der Waals surface area contributed by atoms with Crippen molar-refractivity contribution in [2.24, 2.45) is 0 Å². The van der Waals surface area contributed by atoms with Crippen LogP contribution < -0.4 is 15.8 Å². The van der Waals surface area contributed by atoms with Crippen LogP contribution >= 0.6 is 0 Å². The molecule has 1 aliphatic heterocycles. The molecular weight excluding hydrogens is 364 g/mol. The normalized spacial score (nSPS) is 15.4. The number of nitrogens with zero attached hydrogens (tertiary/aromatic N) is 5. The molecule has 3 rings (SSSR count). The Kier molecular flexibility index (Phi) is 5.76. The number of aryl methyl sites for hydroxylation is 1. The van der Waals surface area contributed by atoms with Gasteiger partial charge in [-0.05, 0) is 26.0 Å². The summed E-state index contributed by atoms with van der Waals surface area (Å²) < 4.78 is 6.22. The largest absolute Gasteiger partial charge is 0.467 e. The van der Waals surface area contributed by atoms with E-state index in [2.05, 4.69) is 20.0 Å². The maximum Gasteiger partial charge on any atom is 0.328 e. The molecule has 2 amide bonds. The first kappa shape index (κ1) is 19.6. The van der Waals surface area contributed by atoms with E-state index in [0.717, 1.165) is 0 Å². The monoisotopic (exact) mass is 388 g/mol. The number of carbonyl (C=O) groups is 2. The minimum Gasteiger partial charge on any atom is -0.467 e. The topological polar surface area (TPSA) is 110 Å². The Bertz CT molecular complexity index is 935. The number of piperazine rings is 1. The van der Waals surface area contributed by atoms with Crippen LogP contribution in [0.15, 0.2) is 23.1 Å². The maximum atomic E-state index is 12.9. The lowest BCUT2D eigenvalue weighted by Crippen LogP contribution is -2.55. The molecular formula is C18H24N6O4. The number of methoxy groups -OCH3 is 1. The summed E-state index contributed by atoms with van der Waals surface area (Å²) in [6, 6.07) is 2.56. The van der Waals surface area contributed by atoms with Gasteiger partial charge in [-0.2, -0.15) is 0 Å². The van der Waals surface area contributed by atoms with Crippen molar-refractivity contribution in [3.63, 3.8) is 0 Å². The third-order valence-electron chi connectivity index (χ3n) is 4.76. The lowest BCUT2D eigenvalue weighted by atomic mass is 10.3. The lowest BCUT2D eigenvalue weighted by molar-refractivity contribution is -0.142. The Balaban J connectivity index is 1.73. The van der Waals surface area contributed by atoms with Gasteiger partial charge in [0.05, 0.1) is 7.11 Å². The lowest BCUT2D eigenvalue weighted by Gasteiger charge is -2.35. The van der Waals surface area contributed by atoms with Crippen molar-refractivity contribution in [2.75, 3.05) is 38.2 Å². The van der Waals surface area contributed by atoms with E-state index in [4.69, 9.17) is 0 Å². The van der Waals surface area contributed by atoms with Crippen LogP contribution in [-0.4, -0.2) is 70.8 Å². The standard InChI is InChI=1S/C18H24N6O4/c1-4-24-14-13(6-5-7-19-14)21-15(16(24)25)22-8-10-23(11-9-22)18(27)20-12(2)17(26)28-3/h5-7,12H,4,8-11H2,1-3H3,(H,20,27)/t12-/m0/s1. The van der Waals surface area contributed by atoms with Gasteiger partial charge < -0.3 is 19.9 Å². The number of rotatable bonds is 4. The maximum absolute atomic E-state index is 12.9. The number of carbonyl (C=O) groups excluding carboxylic acids is 2. The number of amides is 2. The molecule has 1 fully saturated rings. The van der Waals surface area contributed by atoms with E-state index in [1.165, 1.54) is 7.11 Å². The molecule has 150 valence electrons. The highest BCUT2D eigenvalue weighted by atomic mass is 16.5. The molecule has 1 aliphatic rings. The molecule has 1 saturated heterocycles. The van der Waals surface area contributed by atoms with Crippen molar-refractivity contribution < 1.29 is 14.3 Å². The van der Waals surface area contributed by atoms with Gasteiger partial charge in [-0.25, -0.2) is 19.6 Å². The van der Waals surface area contributed by atoms with Gasteiger partial charge in [-0.1, -0.05) is 0 Å². The minimum absolute atomic E-state index is 0.189. The predicted octanol–water partition coefficient (Wildman–Crippen LogP) is 0.205. The highest BCUT2D eigenvalue weighted by Crippen LogP contribution is 2.14. The number of hydrogen-bond acceptors (Lipinski definition) is 7. The second-order valence-corrected chi connectivity index (χ2v) is 6.50. The van der Waals surface area contributed by atoms with Crippen LogP contribution in [0.5, 0.6) is 0 Å². The molecule has 10 nitrogen and oxygen atoms in total. The summed E-state index contributed by atoms with van der Waals surface area (Å²) in [5.41, 5.74) is 1.03. The van der Waals surface area contributed by atoms with Crippen molar-refractivity contribution in [3.05, 3.63) is 28.7 Å². The number of ether oxygens (including phenoxy) is 1. The first-order valence-electron chi connectivity index (χ1n) is 9.20. The summed E-state index contributed by atoms with van der Waals surface area (Å²) in [7, 11) is 1.28. The fourth-order valence-corrected chi connectivity index (χ4v) is 3.20. The molecule has 0 aromatic carbocycles. The van der Waals surface area contributed by atoms with Crippen LogP contribution in [0.25, 0.3) is 11.2 Å². The summed E-state index contributed by atoms with van der Waals surface area (Å²) in [6.45, 7) is 5.73. The van der Waals surface area contributed by atoms with Crippen LogP contribution in [-0.2, 0) is 16.1 Å². The Labute approximate surface area is 162 Å². The van der Waals surface area contributed by atoms with Gasteiger partial charge in [-0.3, -0.25) is 9.36 Å². The summed E-state index contributed by atoms with van der Waals surface area (Å²) in [6.07, 6.45) is 1.64. The molecule has 0 saturated carbocycles. The second kappa shape index (κ2) is 8.24. The van der Waals surface area contributed by atoms with E-state index in [1.54, 1.807) is 28.7 Å². The van der Waals surface area contributed by atoms with Crippen molar-refractivity contribution in [1.82, 2.24) is 24.8 Å².